The number of benzene rings is 1. The van der Waals surface area contributed by atoms with Crippen LogP contribution in [0.1, 0.15) is 59.9 Å². The van der Waals surface area contributed by atoms with E-state index in [9.17, 15) is 4.79 Å². The van der Waals surface area contributed by atoms with E-state index in [0.717, 1.165) is 45.1 Å². The molecule has 1 amide bonds. The molecular weight excluding hydrogens is 519 g/mol. The van der Waals surface area contributed by atoms with Crippen LogP contribution in [0.2, 0.25) is 0 Å². The number of carbonyl (C=O) groups is 1. The van der Waals surface area contributed by atoms with Crippen LogP contribution in [0.5, 0.6) is 0 Å². The van der Waals surface area contributed by atoms with Crippen molar-refractivity contribution >= 4 is 36.0 Å². The minimum absolute atomic E-state index is 0. The summed E-state index contributed by atoms with van der Waals surface area (Å²) in [5.74, 6) is 0.739. The van der Waals surface area contributed by atoms with Crippen LogP contribution in [-0.2, 0) is 14.9 Å². The Hall–Kier alpha value is -1.55. The highest BCUT2D eigenvalue weighted by molar-refractivity contribution is 14.0. The van der Waals surface area contributed by atoms with Crippen molar-refractivity contribution in [1.29, 1.82) is 0 Å². The maximum Gasteiger partial charge on any atom is 0.408 e. The highest BCUT2D eigenvalue weighted by Crippen LogP contribution is 2.34. The second-order valence-electron chi connectivity index (χ2n) is 9.82. The van der Waals surface area contributed by atoms with Crippen molar-refractivity contribution in [2.24, 2.45) is 4.99 Å². The van der Waals surface area contributed by atoms with Gasteiger partial charge >= 0.3 is 6.09 Å². The van der Waals surface area contributed by atoms with Crippen molar-refractivity contribution in [1.82, 2.24) is 16.0 Å². The zero-order valence-electron chi connectivity index (χ0n) is 20.4. The first-order valence-electron chi connectivity index (χ1n) is 11.2. The quantitative estimate of drug-likeness (QED) is 0.265. The zero-order chi connectivity index (χ0) is 23.0. The van der Waals surface area contributed by atoms with Gasteiger partial charge in [-0.2, -0.15) is 0 Å². The Bertz CT molecular complexity index is 727. The molecule has 0 aromatic heterocycles. The van der Waals surface area contributed by atoms with Crippen molar-refractivity contribution in [2.75, 3.05) is 32.8 Å². The van der Waals surface area contributed by atoms with Gasteiger partial charge in [-0.05, 0) is 59.9 Å². The van der Waals surface area contributed by atoms with E-state index < -0.39 is 17.2 Å². The average molecular weight is 561 g/mol. The molecule has 2 rings (SSSR count). The van der Waals surface area contributed by atoms with Gasteiger partial charge in [0, 0.05) is 31.7 Å². The number of nitrogens with zero attached hydrogens (tertiary/aromatic N) is 1. The van der Waals surface area contributed by atoms with E-state index in [-0.39, 0.29) is 29.4 Å². The van der Waals surface area contributed by atoms with Crippen LogP contribution in [0.3, 0.4) is 0 Å². The molecule has 32 heavy (non-hydrogen) atoms. The molecular formula is C24H41IN4O3. The smallest absolute Gasteiger partial charge is 0.408 e. The number of carbonyl (C=O) groups excluding carboxylic acids is 1. The lowest BCUT2D eigenvalue weighted by Crippen LogP contribution is -2.50. The third-order valence-electron chi connectivity index (χ3n) is 5.25. The lowest BCUT2D eigenvalue weighted by molar-refractivity contribution is 0.0476. The Morgan fingerprint density at radius 3 is 2.28 bits per heavy atom. The van der Waals surface area contributed by atoms with E-state index in [1.807, 2.05) is 41.5 Å². The summed E-state index contributed by atoms with van der Waals surface area (Å²) in [7, 11) is 0. The number of amides is 1. The van der Waals surface area contributed by atoms with E-state index in [4.69, 9.17) is 14.5 Å². The molecule has 1 fully saturated rings. The van der Waals surface area contributed by atoms with Crippen LogP contribution in [0, 0.1) is 0 Å². The van der Waals surface area contributed by atoms with Gasteiger partial charge < -0.3 is 25.4 Å². The molecule has 0 atom stereocenters. The summed E-state index contributed by atoms with van der Waals surface area (Å²) in [5.41, 5.74) is 0.268. The van der Waals surface area contributed by atoms with E-state index in [2.05, 4.69) is 46.3 Å². The van der Waals surface area contributed by atoms with E-state index in [1.165, 1.54) is 5.56 Å². The van der Waals surface area contributed by atoms with Gasteiger partial charge in [0.05, 0.1) is 12.1 Å². The fourth-order valence-electron chi connectivity index (χ4n) is 3.61. The molecule has 0 saturated carbocycles. The summed E-state index contributed by atoms with van der Waals surface area (Å²) in [6, 6.07) is 10.6. The van der Waals surface area contributed by atoms with Gasteiger partial charge in [-0.3, -0.25) is 4.99 Å². The summed E-state index contributed by atoms with van der Waals surface area (Å²) in [6.07, 6.45) is 1.50. The van der Waals surface area contributed by atoms with Crippen molar-refractivity contribution in [3.05, 3.63) is 35.9 Å². The van der Waals surface area contributed by atoms with E-state index in [0.29, 0.717) is 6.54 Å². The maximum absolute atomic E-state index is 12.2. The van der Waals surface area contributed by atoms with Crippen molar-refractivity contribution in [2.45, 2.75) is 70.9 Å². The number of guanidine groups is 1. The lowest BCUT2D eigenvalue weighted by atomic mass is 9.74. The van der Waals surface area contributed by atoms with Crippen molar-refractivity contribution in [3.8, 4) is 0 Å². The van der Waals surface area contributed by atoms with Gasteiger partial charge in [-0.15, -0.1) is 24.0 Å². The number of hydrogen-bond acceptors (Lipinski definition) is 4. The molecule has 0 radical (unpaired) electrons. The molecule has 1 aliphatic rings. The van der Waals surface area contributed by atoms with Gasteiger partial charge in [0.1, 0.15) is 5.60 Å². The average Bonchev–Trinajstić information content (AvgIpc) is 2.69. The highest BCUT2D eigenvalue weighted by Gasteiger charge is 2.34. The Labute approximate surface area is 210 Å². The van der Waals surface area contributed by atoms with E-state index >= 15 is 0 Å². The Kier molecular flexibility index (Phi) is 11.2. The molecule has 0 aliphatic carbocycles. The standard InChI is InChI=1S/C24H40N4O3.HI/c1-7-25-20(26-17-23(5,6)28-21(29)31-22(2,3)4)27-18-24(13-15-30-16-14-24)19-11-9-8-10-12-19;/h8-12H,7,13-18H2,1-6H3,(H,28,29)(H2,25,26,27);1H. The van der Waals surface area contributed by atoms with Crippen molar-refractivity contribution in [3.63, 3.8) is 0 Å². The van der Waals surface area contributed by atoms with Crippen LogP contribution in [-0.4, -0.2) is 56.0 Å². The number of nitrogens with one attached hydrogen (secondary N) is 3. The number of alkyl carbamates (subject to hydrolysis) is 1. The molecule has 0 spiro atoms. The topological polar surface area (TPSA) is 84.0 Å². The minimum atomic E-state index is -0.541. The third kappa shape index (κ3) is 9.52. The van der Waals surface area contributed by atoms with Crippen LogP contribution in [0.25, 0.3) is 0 Å². The third-order valence-corrected chi connectivity index (χ3v) is 5.25. The summed E-state index contributed by atoms with van der Waals surface area (Å²) in [4.78, 5) is 16.9. The second-order valence-corrected chi connectivity index (χ2v) is 9.82. The van der Waals surface area contributed by atoms with Crippen LogP contribution < -0.4 is 16.0 Å². The number of aliphatic imine (C=N–C) groups is 1. The molecule has 3 N–H and O–H groups in total. The van der Waals surface area contributed by atoms with Gasteiger partial charge in [-0.1, -0.05) is 30.3 Å². The molecule has 0 unspecified atom stereocenters. The SMILES string of the molecule is CCNC(=NCC(C)(C)NC(=O)OC(C)(C)C)NCC1(c2ccccc2)CCOCC1.I. The molecule has 1 aromatic rings. The van der Waals surface area contributed by atoms with Gasteiger partial charge in [0.2, 0.25) is 0 Å². The van der Waals surface area contributed by atoms with Gasteiger partial charge in [0.25, 0.3) is 0 Å². The minimum Gasteiger partial charge on any atom is -0.444 e. The Morgan fingerprint density at radius 2 is 1.72 bits per heavy atom. The second kappa shape index (κ2) is 12.6. The molecule has 1 heterocycles. The molecule has 1 aliphatic heterocycles. The van der Waals surface area contributed by atoms with Crippen molar-refractivity contribution < 1.29 is 14.3 Å². The molecule has 1 saturated heterocycles. The fourth-order valence-corrected chi connectivity index (χ4v) is 3.61. The number of halogens is 1. The first-order valence-corrected chi connectivity index (χ1v) is 11.2. The number of hydrogen-bond donors (Lipinski definition) is 3. The predicted molar refractivity (Wildman–Crippen MR) is 141 cm³/mol. The largest absolute Gasteiger partial charge is 0.444 e. The maximum atomic E-state index is 12.2. The fraction of sp³-hybridized carbons (Fsp3) is 0.667. The number of ether oxygens (including phenoxy) is 2. The van der Waals surface area contributed by atoms with Gasteiger partial charge in [0.15, 0.2) is 5.96 Å². The Morgan fingerprint density at radius 1 is 1.09 bits per heavy atom. The molecule has 0 bridgehead atoms. The summed E-state index contributed by atoms with van der Waals surface area (Å²) >= 11 is 0. The van der Waals surface area contributed by atoms with Gasteiger partial charge in [-0.25, -0.2) is 4.79 Å². The van der Waals surface area contributed by atoms with E-state index in [1.54, 1.807) is 0 Å². The molecule has 1 aromatic carbocycles. The summed E-state index contributed by atoms with van der Waals surface area (Å²) in [5, 5.41) is 9.76. The number of rotatable bonds is 7. The first kappa shape index (κ1) is 28.5. The summed E-state index contributed by atoms with van der Waals surface area (Å²) in [6.45, 7) is 14.9. The highest BCUT2D eigenvalue weighted by atomic mass is 127. The Balaban J connectivity index is 0.00000512. The molecule has 8 heteroatoms. The normalized spacial score (nSPS) is 16.5. The van der Waals surface area contributed by atoms with Crippen LogP contribution in [0.4, 0.5) is 4.79 Å². The first-order chi connectivity index (χ1) is 14.6. The van der Waals surface area contributed by atoms with Crippen LogP contribution in [0.15, 0.2) is 35.3 Å². The molecule has 7 nitrogen and oxygen atoms in total. The van der Waals surface area contributed by atoms with Crippen LogP contribution >= 0.6 is 24.0 Å². The zero-order valence-corrected chi connectivity index (χ0v) is 22.7. The molecule has 182 valence electrons. The summed E-state index contributed by atoms with van der Waals surface area (Å²) < 4.78 is 11.0. The lowest BCUT2D eigenvalue weighted by Gasteiger charge is -2.38. The predicted octanol–water partition coefficient (Wildman–Crippen LogP) is 4.21. The monoisotopic (exact) mass is 560 g/mol.